The monoisotopic (exact) mass is 385 g/mol. The first kappa shape index (κ1) is 21.9. The zero-order chi connectivity index (χ0) is 21.9. The Morgan fingerprint density at radius 3 is 2.38 bits per heavy atom. The van der Waals surface area contributed by atoms with E-state index < -0.39 is 5.92 Å². The lowest BCUT2D eigenvalue weighted by atomic mass is 9.76. The molecule has 0 heterocycles. The minimum atomic E-state index is -0.497. The minimum absolute atomic E-state index is 0.0879. The molecule has 0 saturated heterocycles. The van der Waals surface area contributed by atoms with Crippen molar-refractivity contribution in [2.24, 2.45) is 0 Å². The van der Waals surface area contributed by atoms with Gasteiger partial charge < -0.3 is 5.11 Å². The van der Waals surface area contributed by atoms with Crippen molar-refractivity contribution in [3.05, 3.63) is 105 Å². The summed E-state index contributed by atoms with van der Waals surface area (Å²) in [6.45, 7) is 17.0. The maximum Gasteiger partial charge on any atom is 0.157 e. The molecule has 1 aliphatic rings. The molecular weight excluding hydrogens is 358 g/mol. The molecule has 2 rings (SSSR count). The van der Waals surface area contributed by atoms with Gasteiger partial charge in [0.25, 0.3) is 0 Å². The van der Waals surface area contributed by atoms with Crippen molar-refractivity contribution in [2.75, 3.05) is 0 Å². The largest absolute Gasteiger partial charge is 0.508 e. The van der Waals surface area contributed by atoms with Gasteiger partial charge in [-0.15, -0.1) is 0 Å². The summed E-state index contributed by atoms with van der Waals surface area (Å²) in [7, 11) is 0. The number of ketones is 1. The van der Waals surface area contributed by atoms with Crippen LogP contribution in [0.5, 0.6) is 0 Å². The van der Waals surface area contributed by atoms with Gasteiger partial charge in [0.1, 0.15) is 5.76 Å². The molecule has 0 radical (unpaired) electrons. The fourth-order valence-electron chi connectivity index (χ4n) is 3.79. The molecule has 0 bridgehead atoms. The van der Waals surface area contributed by atoms with E-state index in [0.717, 1.165) is 27.8 Å². The molecule has 0 unspecified atom stereocenters. The van der Waals surface area contributed by atoms with Gasteiger partial charge in [0.15, 0.2) is 5.78 Å². The first-order chi connectivity index (χ1) is 13.6. The van der Waals surface area contributed by atoms with Crippen LogP contribution in [0, 0.1) is 18.3 Å². The third-order valence-electron chi connectivity index (χ3n) is 5.39. The summed E-state index contributed by atoms with van der Waals surface area (Å²) in [6.07, 6.45) is 5.21. The Morgan fingerprint density at radius 1 is 1.21 bits per heavy atom. The number of carbonyl (C=O) groups excluding carboxylic acids is 1. The molecule has 148 valence electrons. The molecule has 0 saturated carbocycles. The summed E-state index contributed by atoms with van der Waals surface area (Å²) in [5.41, 5.74) is 6.84. The van der Waals surface area contributed by atoms with Crippen molar-refractivity contribution in [2.45, 2.75) is 40.5 Å². The number of nitrogens with zero attached hydrogens (tertiary/aromatic N) is 1. The lowest BCUT2D eigenvalue weighted by molar-refractivity contribution is -0.113. The van der Waals surface area contributed by atoms with E-state index in [1.807, 2.05) is 39.8 Å². The van der Waals surface area contributed by atoms with Crippen LogP contribution in [0.3, 0.4) is 0 Å². The van der Waals surface area contributed by atoms with Crippen LogP contribution in [-0.2, 0) is 4.79 Å². The van der Waals surface area contributed by atoms with Crippen LogP contribution in [-0.4, -0.2) is 10.9 Å². The van der Waals surface area contributed by atoms with Gasteiger partial charge in [-0.2, -0.15) is 5.26 Å². The number of aliphatic hydroxyl groups excluding tert-OH is 1. The summed E-state index contributed by atoms with van der Waals surface area (Å²) in [4.78, 5) is 12.8. The zero-order valence-electron chi connectivity index (χ0n) is 17.8. The van der Waals surface area contributed by atoms with Crippen LogP contribution in [0.4, 0.5) is 0 Å². The van der Waals surface area contributed by atoms with Crippen molar-refractivity contribution in [3.8, 4) is 6.07 Å². The number of Topliss-reactive ketones (excluding diaryl/α,β-unsaturated/α-hetero) is 1. The standard InChI is InChI=1S/C26H27NO2/c1-8-16(3)24(20(7)28)26(22-10-9-21(14-27)13-18(22)5)25-19(6)17(4)11-15(2)12-23(25)29/h8-13,26,29H,1-2H2,3-7H3/b24-16-/t26-/m1/s1. The van der Waals surface area contributed by atoms with Crippen LogP contribution < -0.4 is 0 Å². The van der Waals surface area contributed by atoms with E-state index in [1.54, 1.807) is 24.3 Å². The Kier molecular flexibility index (Phi) is 6.61. The van der Waals surface area contributed by atoms with Gasteiger partial charge in [0, 0.05) is 17.1 Å². The zero-order valence-corrected chi connectivity index (χ0v) is 17.8. The highest BCUT2D eigenvalue weighted by Gasteiger charge is 2.31. The van der Waals surface area contributed by atoms with Gasteiger partial charge >= 0.3 is 0 Å². The van der Waals surface area contributed by atoms with Crippen LogP contribution >= 0.6 is 0 Å². The number of aryl methyl sites for hydroxylation is 1. The quantitative estimate of drug-likeness (QED) is 0.477. The summed E-state index contributed by atoms with van der Waals surface area (Å²) in [5, 5.41) is 20.3. The third kappa shape index (κ3) is 4.38. The van der Waals surface area contributed by atoms with E-state index in [2.05, 4.69) is 19.2 Å². The maximum atomic E-state index is 12.8. The van der Waals surface area contributed by atoms with Crippen LogP contribution in [0.1, 0.15) is 50.3 Å². The van der Waals surface area contributed by atoms with Gasteiger partial charge in [-0.3, -0.25) is 4.79 Å². The molecule has 0 spiro atoms. The fourth-order valence-corrected chi connectivity index (χ4v) is 3.79. The van der Waals surface area contributed by atoms with E-state index in [-0.39, 0.29) is 11.5 Å². The van der Waals surface area contributed by atoms with E-state index in [4.69, 9.17) is 0 Å². The van der Waals surface area contributed by atoms with Crippen molar-refractivity contribution in [1.29, 1.82) is 5.26 Å². The highest BCUT2D eigenvalue weighted by atomic mass is 16.3. The number of allylic oxidation sites excluding steroid dienone is 9. The van der Waals surface area contributed by atoms with E-state index >= 15 is 0 Å². The molecular formula is C26H27NO2. The van der Waals surface area contributed by atoms with E-state index in [9.17, 15) is 15.2 Å². The number of carbonyl (C=O) groups is 1. The Labute approximate surface area is 173 Å². The fraction of sp³-hybridized carbons (Fsp3) is 0.231. The number of benzene rings is 1. The lowest BCUT2D eigenvalue weighted by Crippen LogP contribution is -2.17. The molecule has 1 aromatic carbocycles. The van der Waals surface area contributed by atoms with Crippen molar-refractivity contribution >= 4 is 5.78 Å². The highest BCUT2D eigenvalue weighted by molar-refractivity contribution is 5.97. The van der Waals surface area contributed by atoms with Crippen LogP contribution in [0.25, 0.3) is 0 Å². The summed E-state index contributed by atoms with van der Waals surface area (Å²) in [5.74, 6) is -0.498. The molecule has 0 aromatic heterocycles. The number of rotatable bonds is 5. The molecule has 0 fully saturated rings. The molecule has 0 amide bonds. The third-order valence-corrected chi connectivity index (χ3v) is 5.39. The van der Waals surface area contributed by atoms with Crippen LogP contribution in [0.2, 0.25) is 0 Å². The minimum Gasteiger partial charge on any atom is -0.508 e. The molecule has 1 N–H and O–H groups in total. The van der Waals surface area contributed by atoms with Gasteiger partial charge in [-0.25, -0.2) is 0 Å². The highest BCUT2D eigenvalue weighted by Crippen LogP contribution is 2.43. The van der Waals surface area contributed by atoms with Gasteiger partial charge in [-0.1, -0.05) is 31.4 Å². The van der Waals surface area contributed by atoms with E-state index in [0.29, 0.717) is 22.3 Å². The molecule has 1 atom stereocenters. The molecule has 29 heavy (non-hydrogen) atoms. The number of hydrogen-bond acceptors (Lipinski definition) is 3. The van der Waals surface area contributed by atoms with Crippen molar-refractivity contribution in [3.63, 3.8) is 0 Å². The molecule has 3 heteroatoms. The smallest absolute Gasteiger partial charge is 0.157 e. The summed E-state index contributed by atoms with van der Waals surface area (Å²) in [6, 6.07) is 7.56. The predicted molar refractivity (Wildman–Crippen MR) is 119 cm³/mol. The first-order valence-corrected chi connectivity index (χ1v) is 9.46. The molecule has 0 aliphatic heterocycles. The number of aliphatic hydroxyl groups is 1. The summed E-state index contributed by atoms with van der Waals surface area (Å²) >= 11 is 0. The number of hydrogen-bond donors (Lipinski definition) is 1. The SMILES string of the molecule is C=C/C(C)=C(/C(C)=O)[C@H](C1=C(C)C(C)=CC(=C)C=C1O)c1ccc(C#N)cc1C. The van der Waals surface area contributed by atoms with Crippen molar-refractivity contribution < 1.29 is 9.90 Å². The van der Waals surface area contributed by atoms with Gasteiger partial charge in [0.05, 0.1) is 11.6 Å². The second kappa shape index (κ2) is 8.75. The second-order valence-corrected chi connectivity index (χ2v) is 7.44. The average Bonchev–Trinajstić information content (AvgIpc) is 2.74. The maximum absolute atomic E-state index is 12.8. The average molecular weight is 386 g/mol. The number of nitriles is 1. The Balaban J connectivity index is 2.98. The predicted octanol–water partition coefficient (Wildman–Crippen LogP) is 6.32. The first-order valence-electron chi connectivity index (χ1n) is 9.46. The normalized spacial score (nSPS) is 16.2. The van der Waals surface area contributed by atoms with Gasteiger partial charge in [0.2, 0.25) is 0 Å². The van der Waals surface area contributed by atoms with Gasteiger partial charge in [-0.05, 0) is 86.2 Å². The molecule has 1 aromatic rings. The summed E-state index contributed by atoms with van der Waals surface area (Å²) < 4.78 is 0. The van der Waals surface area contributed by atoms with Crippen LogP contribution in [0.15, 0.2) is 88.8 Å². The van der Waals surface area contributed by atoms with Crippen molar-refractivity contribution in [1.82, 2.24) is 0 Å². The van der Waals surface area contributed by atoms with E-state index in [1.165, 1.54) is 6.92 Å². The molecule has 1 aliphatic carbocycles. The topological polar surface area (TPSA) is 61.1 Å². The lowest BCUT2D eigenvalue weighted by Gasteiger charge is -2.27. The second-order valence-electron chi connectivity index (χ2n) is 7.44. The Bertz CT molecular complexity index is 1070. The Hall–Kier alpha value is -3.38. The Morgan fingerprint density at radius 2 is 1.86 bits per heavy atom. The molecule has 3 nitrogen and oxygen atoms in total.